The van der Waals surface area contributed by atoms with Crippen LogP contribution in [0.25, 0.3) is 0 Å². The van der Waals surface area contributed by atoms with Crippen LogP contribution in [0.15, 0.2) is 24.5 Å². The van der Waals surface area contributed by atoms with E-state index in [4.69, 9.17) is 0 Å². The minimum atomic E-state index is -0.384. The number of piperidine rings is 1. The van der Waals surface area contributed by atoms with Crippen molar-refractivity contribution in [2.75, 3.05) is 13.1 Å². The van der Waals surface area contributed by atoms with Crippen LogP contribution in [-0.2, 0) is 0 Å². The molecule has 2 atom stereocenters. The molecule has 0 aliphatic carbocycles. The van der Waals surface area contributed by atoms with Gasteiger partial charge in [0.15, 0.2) is 0 Å². The number of β-amino-alcohol motifs (C(OH)–C–C–N with tert-alkyl or cyclic N) is 1. The second kappa shape index (κ2) is 6.12. The molecule has 0 aromatic carbocycles. The van der Waals surface area contributed by atoms with Crippen molar-refractivity contribution in [1.29, 1.82) is 0 Å². The van der Waals surface area contributed by atoms with Crippen molar-refractivity contribution in [3.05, 3.63) is 30.1 Å². The summed E-state index contributed by atoms with van der Waals surface area (Å²) in [5.74, 6) is 0. The molecular formula is C14H22N2O. The van der Waals surface area contributed by atoms with E-state index in [-0.39, 0.29) is 6.10 Å². The molecule has 1 aliphatic heterocycles. The van der Waals surface area contributed by atoms with E-state index in [9.17, 15) is 5.11 Å². The predicted molar refractivity (Wildman–Crippen MR) is 68.7 cm³/mol. The summed E-state index contributed by atoms with van der Waals surface area (Å²) >= 11 is 0. The van der Waals surface area contributed by atoms with Crippen molar-refractivity contribution >= 4 is 0 Å². The van der Waals surface area contributed by atoms with Gasteiger partial charge in [-0.1, -0.05) is 13.3 Å². The predicted octanol–water partition coefficient (Wildman–Crippen LogP) is 2.38. The summed E-state index contributed by atoms with van der Waals surface area (Å²) in [5, 5.41) is 10.2. The molecular weight excluding hydrogens is 212 g/mol. The summed E-state index contributed by atoms with van der Waals surface area (Å²) < 4.78 is 0. The molecule has 2 rings (SSSR count). The van der Waals surface area contributed by atoms with Crippen molar-refractivity contribution in [1.82, 2.24) is 9.88 Å². The van der Waals surface area contributed by atoms with E-state index in [1.54, 1.807) is 12.4 Å². The van der Waals surface area contributed by atoms with Crippen LogP contribution in [0, 0.1) is 0 Å². The maximum Gasteiger partial charge on any atom is 0.0918 e. The molecule has 2 unspecified atom stereocenters. The third-order valence-electron chi connectivity index (χ3n) is 3.72. The van der Waals surface area contributed by atoms with Crippen LogP contribution in [0.4, 0.5) is 0 Å². The number of hydrogen-bond donors (Lipinski definition) is 1. The lowest BCUT2D eigenvalue weighted by molar-refractivity contribution is 0.0656. The zero-order valence-corrected chi connectivity index (χ0v) is 10.5. The Morgan fingerprint density at radius 3 is 2.88 bits per heavy atom. The van der Waals surface area contributed by atoms with Gasteiger partial charge in [0.2, 0.25) is 0 Å². The Morgan fingerprint density at radius 2 is 2.18 bits per heavy atom. The average Bonchev–Trinajstić information content (AvgIpc) is 2.40. The van der Waals surface area contributed by atoms with Gasteiger partial charge >= 0.3 is 0 Å². The van der Waals surface area contributed by atoms with Gasteiger partial charge in [0, 0.05) is 25.0 Å². The summed E-state index contributed by atoms with van der Waals surface area (Å²) in [6, 6.07) is 4.45. The van der Waals surface area contributed by atoms with Crippen LogP contribution >= 0.6 is 0 Å². The fraction of sp³-hybridized carbons (Fsp3) is 0.643. The van der Waals surface area contributed by atoms with E-state index in [1.165, 1.54) is 25.7 Å². The Hall–Kier alpha value is -0.930. The minimum Gasteiger partial charge on any atom is -0.387 e. The van der Waals surface area contributed by atoms with Crippen LogP contribution in [0.5, 0.6) is 0 Å². The molecule has 17 heavy (non-hydrogen) atoms. The number of hydrogen-bond acceptors (Lipinski definition) is 3. The normalized spacial score (nSPS) is 23.5. The second-order valence-electron chi connectivity index (χ2n) is 4.85. The van der Waals surface area contributed by atoms with Crippen molar-refractivity contribution in [2.24, 2.45) is 0 Å². The summed E-state index contributed by atoms with van der Waals surface area (Å²) in [4.78, 5) is 6.42. The van der Waals surface area contributed by atoms with Gasteiger partial charge in [-0.15, -0.1) is 0 Å². The molecule has 3 heteroatoms. The zero-order valence-electron chi connectivity index (χ0n) is 10.5. The Bertz CT molecular complexity index is 328. The first-order chi connectivity index (χ1) is 8.31. The number of nitrogens with zero attached hydrogens (tertiary/aromatic N) is 2. The molecule has 94 valence electrons. The summed E-state index contributed by atoms with van der Waals surface area (Å²) in [7, 11) is 0. The Labute approximate surface area is 103 Å². The standard InChI is InChI=1S/C14H22N2O/c1-2-13-5-3-4-10-16(13)11-14(17)12-6-8-15-9-7-12/h6-9,13-14,17H,2-5,10-11H2,1H3. The number of pyridine rings is 1. The van der Waals surface area contributed by atoms with Gasteiger partial charge in [-0.2, -0.15) is 0 Å². The maximum absolute atomic E-state index is 10.2. The number of aromatic nitrogens is 1. The first-order valence-electron chi connectivity index (χ1n) is 6.63. The third kappa shape index (κ3) is 3.27. The van der Waals surface area contributed by atoms with Crippen molar-refractivity contribution < 1.29 is 5.11 Å². The summed E-state index contributed by atoms with van der Waals surface area (Å²) in [6.45, 7) is 4.12. The second-order valence-corrected chi connectivity index (χ2v) is 4.85. The highest BCUT2D eigenvalue weighted by molar-refractivity contribution is 5.13. The lowest BCUT2D eigenvalue weighted by Crippen LogP contribution is -2.41. The molecule has 1 aliphatic rings. The molecule has 1 aromatic heterocycles. The molecule has 1 N–H and O–H groups in total. The number of likely N-dealkylation sites (tertiary alicyclic amines) is 1. The maximum atomic E-state index is 10.2. The quantitative estimate of drug-likeness (QED) is 0.869. The Kier molecular flexibility index (Phi) is 4.51. The van der Waals surface area contributed by atoms with E-state index >= 15 is 0 Å². The largest absolute Gasteiger partial charge is 0.387 e. The molecule has 0 saturated carbocycles. The van der Waals surface area contributed by atoms with Gasteiger partial charge in [-0.05, 0) is 43.5 Å². The molecule has 2 heterocycles. The topological polar surface area (TPSA) is 36.4 Å². The van der Waals surface area contributed by atoms with E-state index in [1.807, 2.05) is 12.1 Å². The fourth-order valence-electron chi connectivity index (χ4n) is 2.68. The first kappa shape index (κ1) is 12.5. The smallest absolute Gasteiger partial charge is 0.0918 e. The van der Waals surface area contributed by atoms with Crippen LogP contribution < -0.4 is 0 Å². The highest BCUT2D eigenvalue weighted by Gasteiger charge is 2.23. The van der Waals surface area contributed by atoms with Crippen molar-refractivity contribution in [3.63, 3.8) is 0 Å². The zero-order chi connectivity index (χ0) is 12.1. The number of rotatable bonds is 4. The Morgan fingerprint density at radius 1 is 1.41 bits per heavy atom. The number of aliphatic hydroxyl groups excluding tert-OH is 1. The molecule has 3 nitrogen and oxygen atoms in total. The molecule has 0 bridgehead atoms. The van der Waals surface area contributed by atoms with Gasteiger partial charge in [-0.3, -0.25) is 9.88 Å². The first-order valence-corrected chi connectivity index (χ1v) is 6.63. The highest BCUT2D eigenvalue weighted by atomic mass is 16.3. The van der Waals surface area contributed by atoms with Crippen molar-refractivity contribution in [3.8, 4) is 0 Å². The molecule has 1 fully saturated rings. The van der Waals surface area contributed by atoms with E-state index in [0.29, 0.717) is 6.04 Å². The number of aliphatic hydroxyl groups is 1. The highest BCUT2D eigenvalue weighted by Crippen LogP contribution is 2.22. The van der Waals surface area contributed by atoms with E-state index in [2.05, 4.69) is 16.8 Å². The van der Waals surface area contributed by atoms with E-state index < -0.39 is 0 Å². The Balaban J connectivity index is 1.95. The summed E-state index contributed by atoms with van der Waals surface area (Å²) in [6.07, 6.45) is 8.16. The monoisotopic (exact) mass is 234 g/mol. The lowest BCUT2D eigenvalue weighted by Gasteiger charge is -2.36. The lowest BCUT2D eigenvalue weighted by atomic mass is 9.99. The fourth-order valence-corrected chi connectivity index (χ4v) is 2.68. The molecule has 0 amide bonds. The van der Waals surface area contributed by atoms with Crippen LogP contribution in [0.1, 0.15) is 44.3 Å². The minimum absolute atomic E-state index is 0.384. The van der Waals surface area contributed by atoms with Gasteiger partial charge < -0.3 is 5.11 Å². The SMILES string of the molecule is CCC1CCCCN1CC(O)c1ccncc1. The van der Waals surface area contributed by atoms with Crippen molar-refractivity contribution in [2.45, 2.75) is 44.8 Å². The van der Waals surface area contributed by atoms with Gasteiger partial charge in [0.25, 0.3) is 0 Å². The third-order valence-corrected chi connectivity index (χ3v) is 3.72. The van der Waals surface area contributed by atoms with Crippen LogP contribution in [0.3, 0.4) is 0 Å². The average molecular weight is 234 g/mol. The molecule has 1 aromatic rings. The van der Waals surface area contributed by atoms with E-state index in [0.717, 1.165) is 18.7 Å². The molecule has 0 radical (unpaired) electrons. The van der Waals surface area contributed by atoms with Gasteiger partial charge in [0.1, 0.15) is 0 Å². The van der Waals surface area contributed by atoms with Crippen LogP contribution in [0.2, 0.25) is 0 Å². The van der Waals surface area contributed by atoms with Gasteiger partial charge in [-0.25, -0.2) is 0 Å². The van der Waals surface area contributed by atoms with Crippen LogP contribution in [-0.4, -0.2) is 34.1 Å². The molecule has 1 saturated heterocycles. The molecule has 0 spiro atoms. The van der Waals surface area contributed by atoms with Gasteiger partial charge in [0.05, 0.1) is 6.10 Å². The summed E-state index contributed by atoms with van der Waals surface area (Å²) in [5.41, 5.74) is 0.973.